The number of nitrogens with zero attached hydrogens (tertiary/aromatic N) is 1. The van der Waals surface area contributed by atoms with Crippen molar-refractivity contribution < 1.29 is 0 Å². The molecule has 0 amide bonds. The van der Waals surface area contributed by atoms with Crippen molar-refractivity contribution in [2.24, 2.45) is 5.73 Å². The van der Waals surface area contributed by atoms with Crippen LogP contribution in [0, 0.1) is 6.92 Å². The summed E-state index contributed by atoms with van der Waals surface area (Å²) in [5, 5.41) is 5.34. The van der Waals surface area contributed by atoms with Crippen LogP contribution in [0.5, 0.6) is 0 Å². The van der Waals surface area contributed by atoms with Crippen molar-refractivity contribution in [1.29, 1.82) is 0 Å². The second-order valence-corrected chi connectivity index (χ2v) is 5.53. The minimum atomic E-state index is 0.185. The molecule has 15 heavy (non-hydrogen) atoms. The Hall–Kier alpha value is -0.710. The lowest BCUT2D eigenvalue weighted by Crippen LogP contribution is -2.17. The quantitative estimate of drug-likeness (QED) is 0.892. The molecule has 0 fully saturated rings. The summed E-state index contributed by atoms with van der Waals surface area (Å²) >= 11 is 3.46. The first kappa shape index (κ1) is 10.8. The molecule has 2 rings (SSSR count). The second kappa shape index (κ2) is 4.43. The van der Waals surface area contributed by atoms with Gasteiger partial charge in [-0.1, -0.05) is 0 Å². The highest BCUT2D eigenvalue weighted by Gasteiger charge is 2.09. The summed E-state index contributed by atoms with van der Waals surface area (Å²) in [5.74, 6) is 0. The SMILES string of the molecule is Cc1ccsc1-c1nc(CC(C)N)cs1. The molecule has 2 heterocycles. The summed E-state index contributed by atoms with van der Waals surface area (Å²) in [6, 6.07) is 2.32. The van der Waals surface area contributed by atoms with Crippen molar-refractivity contribution in [1.82, 2.24) is 4.98 Å². The van der Waals surface area contributed by atoms with E-state index in [1.54, 1.807) is 22.7 Å². The van der Waals surface area contributed by atoms with E-state index in [1.807, 2.05) is 6.92 Å². The van der Waals surface area contributed by atoms with Crippen molar-refractivity contribution in [3.63, 3.8) is 0 Å². The molecule has 80 valence electrons. The third kappa shape index (κ3) is 2.45. The number of aromatic nitrogens is 1. The van der Waals surface area contributed by atoms with Gasteiger partial charge in [-0.25, -0.2) is 4.98 Å². The molecule has 0 aromatic carbocycles. The Labute approximate surface area is 97.8 Å². The molecule has 2 N–H and O–H groups in total. The summed E-state index contributed by atoms with van der Waals surface area (Å²) < 4.78 is 0. The van der Waals surface area contributed by atoms with Gasteiger partial charge in [-0.05, 0) is 30.9 Å². The largest absolute Gasteiger partial charge is 0.328 e. The van der Waals surface area contributed by atoms with Gasteiger partial charge in [0.15, 0.2) is 0 Å². The molecule has 1 unspecified atom stereocenters. The Morgan fingerprint density at radius 1 is 1.47 bits per heavy atom. The first-order valence-electron chi connectivity index (χ1n) is 4.91. The summed E-state index contributed by atoms with van der Waals surface area (Å²) in [7, 11) is 0. The van der Waals surface area contributed by atoms with Gasteiger partial charge in [0.1, 0.15) is 5.01 Å². The summed E-state index contributed by atoms with van der Waals surface area (Å²) in [5.41, 5.74) is 8.17. The van der Waals surface area contributed by atoms with E-state index in [0.29, 0.717) is 0 Å². The van der Waals surface area contributed by atoms with Crippen molar-refractivity contribution in [3.05, 3.63) is 28.1 Å². The highest BCUT2D eigenvalue weighted by molar-refractivity contribution is 7.20. The van der Waals surface area contributed by atoms with Gasteiger partial charge in [-0.3, -0.25) is 0 Å². The number of thiophene rings is 1. The molecule has 0 saturated carbocycles. The van der Waals surface area contributed by atoms with Crippen LogP contribution in [0.15, 0.2) is 16.8 Å². The minimum Gasteiger partial charge on any atom is -0.328 e. The van der Waals surface area contributed by atoms with E-state index in [9.17, 15) is 0 Å². The van der Waals surface area contributed by atoms with Crippen molar-refractivity contribution in [2.45, 2.75) is 26.3 Å². The van der Waals surface area contributed by atoms with E-state index in [1.165, 1.54) is 10.4 Å². The van der Waals surface area contributed by atoms with Gasteiger partial charge >= 0.3 is 0 Å². The molecular weight excluding hydrogens is 224 g/mol. The monoisotopic (exact) mass is 238 g/mol. The maximum absolute atomic E-state index is 5.75. The standard InChI is InChI=1S/C11H14N2S2/c1-7-3-4-14-10(7)11-13-9(6-15-11)5-8(2)12/h3-4,6,8H,5,12H2,1-2H3. The van der Waals surface area contributed by atoms with Crippen LogP contribution in [0.1, 0.15) is 18.2 Å². The van der Waals surface area contributed by atoms with Gasteiger partial charge in [0.05, 0.1) is 10.6 Å². The lowest BCUT2D eigenvalue weighted by Gasteiger charge is -1.99. The Morgan fingerprint density at radius 2 is 2.27 bits per heavy atom. The molecule has 2 aromatic heterocycles. The number of rotatable bonds is 3. The first-order chi connectivity index (χ1) is 7.16. The Bertz CT molecular complexity index is 443. The third-order valence-electron chi connectivity index (χ3n) is 2.14. The van der Waals surface area contributed by atoms with E-state index >= 15 is 0 Å². The van der Waals surface area contributed by atoms with Crippen LogP contribution in [0.4, 0.5) is 0 Å². The number of hydrogen-bond acceptors (Lipinski definition) is 4. The van der Waals surface area contributed by atoms with E-state index in [2.05, 4.69) is 28.7 Å². The molecule has 0 radical (unpaired) electrons. The topological polar surface area (TPSA) is 38.9 Å². The number of thiazole rings is 1. The third-order valence-corrected chi connectivity index (χ3v) is 4.20. The zero-order valence-electron chi connectivity index (χ0n) is 8.86. The van der Waals surface area contributed by atoms with Crippen LogP contribution in [-0.2, 0) is 6.42 Å². The molecule has 0 aliphatic heterocycles. The molecule has 1 atom stereocenters. The average molecular weight is 238 g/mol. The fraction of sp³-hybridized carbons (Fsp3) is 0.364. The number of aryl methyl sites for hydroxylation is 1. The molecule has 0 bridgehead atoms. The summed E-state index contributed by atoms with van der Waals surface area (Å²) in [6.45, 7) is 4.13. The van der Waals surface area contributed by atoms with E-state index in [4.69, 9.17) is 5.73 Å². The second-order valence-electron chi connectivity index (χ2n) is 3.76. The van der Waals surface area contributed by atoms with Gasteiger partial charge in [0.25, 0.3) is 0 Å². The van der Waals surface area contributed by atoms with Crippen molar-refractivity contribution in [3.8, 4) is 9.88 Å². The van der Waals surface area contributed by atoms with Crippen molar-refractivity contribution >= 4 is 22.7 Å². The van der Waals surface area contributed by atoms with Crippen LogP contribution in [-0.4, -0.2) is 11.0 Å². The van der Waals surface area contributed by atoms with Crippen LogP contribution in [0.3, 0.4) is 0 Å². The highest BCUT2D eigenvalue weighted by atomic mass is 32.1. The molecule has 0 spiro atoms. The lowest BCUT2D eigenvalue weighted by molar-refractivity contribution is 0.726. The van der Waals surface area contributed by atoms with Crippen LogP contribution in [0.2, 0.25) is 0 Å². The minimum absolute atomic E-state index is 0.185. The Morgan fingerprint density at radius 3 is 2.87 bits per heavy atom. The molecule has 0 aliphatic rings. The predicted octanol–water partition coefficient (Wildman–Crippen LogP) is 3.07. The first-order valence-corrected chi connectivity index (χ1v) is 6.67. The maximum Gasteiger partial charge on any atom is 0.133 e. The van der Waals surface area contributed by atoms with Gasteiger partial charge in [-0.15, -0.1) is 22.7 Å². The molecule has 2 nitrogen and oxygen atoms in total. The predicted molar refractivity (Wildman–Crippen MR) is 67.5 cm³/mol. The highest BCUT2D eigenvalue weighted by Crippen LogP contribution is 2.31. The smallest absolute Gasteiger partial charge is 0.133 e. The van der Waals surface area contributed by atoms with Crippen LogP contribution in [0.25, 0.3) is 9.88 Å². The van der Waals surface area contributed by atoms with Gasteiger partial charge in [0.2, 0.25) is 0 Å². The molecule has 0 saturated heterocycles. The van der Waals surface area contributed by atoms with E-state index in [-0.39, 0.29) is 6.04 Å². The number of nitrogens with two attached hydrogens (primary N) is 1. The zero-order chi connectivity index (χ0) is 10.8. The van der Waals surface area contributed by atoms with E-state index < -0.39 is 0 Å². The van der Waals surface area contributed by atoms with Crippen LogP contribution >= 0.6 is 22.7 Å². The van der Waals surface area contributed by atoms with Crippen LogP contribution < -0.4 is 5.73 Å². The lowest BCUT2D eigenvalue weighted by atomic mass is 10.2. The van der Waals surface area contributed by atoms with Gasteiger partial charge < -0.3 is 5.73 Å². The Balaban J connectivity index is 2.24. The molecule has 2 aromatic rings. The normalized spacial score (nSPS) is 13.0. The Kier molecular flexibility index (Phi) is 3.19. The fourth-order valence-corrected chi connectivity index (χ4v) is 3.36. The maximum atomic E-state index is 5.75. The molecular formula is C11H14N2S2. The summed E-state index contributed by atoms with van der Waals surface area (Å²) in [6.07, 6.45) is 0.862. The molecule has 4 heteroatoms. The van der Waals surface area contributed by atoms with E-state index in [0.717, 1.165) is 17.1 Å². The number of hydrogen-bond donors (Lipinski definition) is 1. The fourth-order valence-electron chi connectivity index (χ4n) is 1.43. The average Bonchev–Trinajstić information content (AvgIpc) is 2.72. The van der Waals surface area contributed by atoms with Gasteiger partial charge in [0, 0.05) is 17.8 Å². The zero-order valence-corrected chi connectivity index (χ0v) is 10.5. The summed E-state index contributed by atoms with van der Waals surface area (Å²) in [4.78, 5) is 5.89. The van der Waals surface area contributed by atoms with Crippen molar-refractivity contribution in [2.75, 3.05) is 0 Å². The molecule has 0 aliphatic carbocycles. The van der Waals surface area contributed by atoms with Gasteiger partial charge in [-0.2, -0.15) is 0 Å².